The van der Waals surface area contributed by atoms with E-state index in [9.17, 15) is 9.59 Å². The highest BCUT2D eigenvalue weighted by Gasteiger charge is 2.38. The quantitative estimate of drug-likeness (QED) is 0.702. The zero-order chi connectivity index (χ0) is 13.7. The summed E-state index contributed by atoms with van der Waals surface area (Å²) in [7, 11) is 0. The molecule has 19 heavy (non-hydrogen) atoms. The van der Waals surface area contributed by atoms with Gasteiger partial charge in [-0.1, -0.05) is 12.8 Å². The predicted molar refractivity (Wildman–Crippen MR) is 71.8 cm³/mol. The van der Waals surface area contributed by atoms with Gasteiger partial charge in [0, 0.05) is 12.5 Å². The zero-order valence-electron chi connectivity index (χ0n) is 11.4. The average molecular weight is 268 g/mol. The van der Waals surface area contributed by atoms with Crippen LogP contribution in [0.25, 0.3) is 0 Å². The Morgan fingerprint density at radius 3 is 2.37 bits per heavy atom. The number of carboxylic acid groups (broad SMARTS) is 1. The maximum Gasteiger partial charge on any atom is 0.303 e. The number of hydrogen-bond acceptors (Lipinski definition) is 3. The molecule has 1 amide bonds. The summed E-state index contributed by atoms with van der Waals surface area (Å²) >= 11 is 0. The number of carboxylic acids is 1. The van der Waals surface area contributed by atoms with E-state index in [0.29, 0.717) is 6.42 Å². The van der Waals surface area contributed by atoms with Gasteiger partial charge in [0.15, 0.2) is 0 Å². The van der Waals surface area contributed by atoms with E-state index < -0.39 is 5.97 Å². The summed E-state index contributed by atoms with van der Waals surface area (Å²) in [6, 6.07) is 0.261. The molecule has 0 unspecified atom stereocenters. The van der Waals surface area contributed by atoms with Gasteiger partial charge in [-0.15, -0.1) is 0 Å². The fourth-order valence-electron chi connectivity index (χ4n) is 3.45. The molecule has 5 heteroatoms. The van der Waals surface area contributed by atoms with Crippen LogP contribution in [0.15, 0.2) is 0 Å². The van der Waals surface area contributed by atoms with E-state index in [-0.39, 0.29) is 23.8 Å². The van der Waals surface area contributed by atoms with E-state index >= 15 is 0 Å². The molecule has 0 aromatic heterocycles. The smallest absolute Gasteiger partial charge is 0.303 e. The second-order valence-corrected chi connectivity index (χ2v) is 6.05. The maximum absolute atomic E-state index is 12.1. The van der Waals surface area contributed by atoms with Crippen molar-refractivity contribution >= 4 is 11.9 Å². The molecule has 2 aliphatic rings. The van der Waals surface area contributed by atoms with Gasteiger partial charge in [-0.05, 0) is 44.2 Å². The van der Waals surface area contributed by atoms with Gasteiger partial charge in [0.1, 0.15) is 0 Å². The number of nitrogens with one attached hydrogen (secondary N) is 2. The Bertz CT molecular complexity index is 332. The molecule has 1 aliphatic carbocycles. The first-order valence-corrected chi connectivity index (χ1v) is 7.32. The molecule has 0 atom stereocenters. The molecule has 3 N–H and O–H groups in total. The van der Waals surface area contributed by atoms with Crippen LogP contribution in [0.1, 0.15) is 51.4 Å². The van der Waals surface area contributed by atoms with Crippen LogP contribution in [0.3, 0.4) is 0 Å². The van der Waals surface area contributed by atoms with Gasteiger partial charge in [-0.25, -0.2) is 0 Å². The van der Waals surface area contributed by atoms with E-state index in [0.717, 1.165) is 51.6 Å². The van der Waals surface area contributed by atoms with Crippen molar-refractivity contribution < 1.29 is 14.7 Å². The second kappa shape index (κ2) is 6.37. The molecule has 108 valence electrons. The third-order valence-electron chi connectivity index (χ3n) is 4.43. The molecule has 0 bridgehead atoms. The number of aliphatic carboxylic acids is 1. The van der Waals surface area contributed by atoms with E-state index in [2.05, 4.69) is 10.6 Å². The second-order valence-electron chi connectivity index (χ2n) is 6.05. The van der Waals surface area contributed by atoms with E-state index in [1.807, 2.05) is 0 Å². The van der Waals surface area contributed by atoms with Crippen LogP contribution in [-0.2, 0) is 9.59 Å². The molecule has 1 aliphatic heterocycles. The van der Waals surface area contributed by atoms with Crippen molar-refractivity contribution in [2.75, 3.05) is 13.1 Å². The largest absolute Gasteiger partial charge is 0.481 e. The normalized spacial score (nSPS) is 23.2. The fourth-order valence-corrected chi connectivity index (χ4v) is 3.45. The zero-order valence-corrected chi connectivity index (χ0v) is 11.4. The molecule has 0 radical (unpaired) electrons. The number of rotatable bonds is 5. The Kier molecular flexibility index (Phi) is 4.80. The predicted octanol–water partition coefficient (Wildman–Crippen LogP) is 1.28. The van der Waals surface area contributed by atoms with Crippen molar-refractivity contribution in [3.8, 4) is 0 Å². The molecular formula is C14H24N2O3. The minimum Gasteiger partial charge on any atom is -0.481 e. The van der Waals surface area contributed by atoms with E-state index in [1.165, 1.54) is 0 Å². The van der Waals surface area contributed by atoms with Gasteiger partial charge >= 0.3 is 5.97 Å². The van der Waals surface area contributed by atoms with Gasteiger partial charge in [0.2, 0.25) is 5.91 Å². The van der Waals surface area contributed by atoms with Crippen LogP contribution >= 0.6 is 0 Å². The van der Waals surface area contributed by atoms with Crippen molar-refractivity contribution in [3.63, 3.8) is 0 Å². The molecule has 1 heterocycles. The van der Waals surface area contributed by atoms with Gasteiger partial charge in [-0.3, -0.25) is 9.59 Å². The molecule has 0 spiro atoms. The monoisotopic (exact) mass is 268 g/mol. The summed E-state index contributed by atoms with van der Waals surface area (Å²) in [4.78, 5) is 23.1. The van der Waals surface area contributed by atoms with E-state index in [1.54, 1.807) is 0 Å². The minimum absolute atomic E-state index is 0.0371. The Morgan fingerprint density at radius 2 is 1.79 bits per heavy atom. The van der Waals surface area contributed by atoms with Crippen molar-refractivity contribution in [1.29, 1.82) is 0 Å². The number of hydrogen-bond donors (Lipinski definition) is 3. The van der Waals surface area contributed by atoms with Crippen LogP contribution in [0.4, 0.5) is 0 Å². The summed E-state index contributed by atoms with van der Waals surface area (Å²) < 4.78 is 0. The summed E-state index contributed by atoms with van der Waals surface area (Å²) in [6.45, 7) is 1.90. The van der Waals surface area contributed by atoms with Crippen LogP contribution in [-0.4, -0.2) is 36.1 Å². The van der Waals surface area contributed by atoms with Crippen LogP contribution in [0.5, 0.6) is 0 Å². The first kappa shape index (κ1) is 14.3. The molecular weight excluding hydrogens is 244 g/mol. The van der Waals surface area contributed by atoms with Crippen molar-refractivity contribution in [3.05, 3.63) is 0 Å². The van der Waals surface area contributed by atoms with Crippen LogP contribution in [0.2, 0.25) is 0 Å². The lowest BCUT2D eigenvalue weighted by molar-refractivity contribution is -0.140. The van der Waals surface area contributed by atoms with Gasteiger partial charge in [-0.2, -0.15) is 0 Å². The molecule has 5 nitrogen and oxygen atoms in total. The van der Waals surface area contributed by atoms with Crippen molar-refractivity contribution in [1.82, 2.24) is 10.6 Å². The standard InChI is InChI=1S/C14H24N2O3/c17-12(16-11-3-7-15-8-4-11)9-14(10-13(18)19)5-1-2-6-14/h11,15H,1-10H2,(H,16,17)(H,18,19). The average Bonchev–Trinajstić information content (AvgIpc) is 2.77. The highest BCUT2D eigenvalue weighted by molar-refractivity contribution is 5.78. The summed E-state index contributed by atoms with van der Waals surface area (Å²) in [6.07, 6.45) is 6.30. The van der Waals surface area contributed by atoms with Crippen LogP contribution in [0, 0.1) is 5.41 Å². The first-order chi connectivity index (χ1) is 9.10. The summed E-state index contributed by atoms with van der Waals surface area (Å²) in [5.41, 5.74) is -0.289. The lowest BCUT2D eigenvalue weighted by atomic mass is 9.79. The Morgan fingerprint density at radius 1 is 1.16 bits per heavy atom. The fraction of sp³-hybridized carbons (Fsp3) is 0.857. The third kappa shape index (κ3) is 4.20. The Hall–Kier alpha value is -1.10. The lowest BCUT2D eigenvalue weighted by Gasteiger charge is -2.29. The van der Waals surface area contributed by atoms with Crippen molar-refractivity contribution in [2.45, 2.75) is 57.4 Å². The molecule has 1 saturated carbocycles. The highest BCUT2D eigenvalue weighted by atomic mass is 16.4. The summed E-state index contributed by atoms with van der Waals surface area (Å²) in [5.74, 6) is -0.744. The SMILES string of the molecule is O=C(O)CC1(CC(=O)NC2CCNCC2)CCCC1. The Balaban J connectivity index is 1.86. The summed E-state index contributed by atoms with van der Waals surface area (Å²) in [5, 5.41) is 15.4. The third-order valence-corrected chi connectivity index (χ3v) is 4.43. The van der Waals surface area contributed by atoms with Gasteiger partial charge < -0.3 is 15.7 Å². The highest BCUT2D eigenvalue weighted by Crippen LogP contribution is 2.44. The minimum atomic E-state index is -0.781. The molecule has 1 saturated heterocycles. The number of carbonyl (C=O) groups excluding carboxylic acids is 1. The lowest BCUT2D eigenvalue weighted by Crippen LogP contribution is -2.44. The molecule has 0 aromatic rings. The van der Waals surface area contributed by atoms with Crippen molar-refractivity contribution in [2.24, 2.45) is 5.41 Å². The van der Waals surface area contributed by atoms with E-state index in [4.69, 9.17) is 5.11 Å². The first-order valence-electron chi connectivity index (χ1n) is 7.32. The topological polar surface area (TPSA) is 78.4 Å². The maximum atomic E-state index is 12.1. The Labute approximate surface area is 114 Å². The van der Waals surface area contributed by atoms with Gasteiger partial charge in [0.25, 0.3) is 0 Å². The number of carbonyl (C=O) groups is 2. The number of piperidine rings is 1. The number of amides is 1. The molecule has 2 rings (SSSR count). The molecule has 0 aromatic carbocycles. The van der Waals surface area contributed by atoms with Crippen LogP contribution < -0.4 is 10.6 Å². The van der Waals surface area contributed by atoms with Gasteiger partial charge in [0.05, 0.1) is 6.42 Å². The molecule has 2 fully saturated rings.